The van der Waals surface area contributed by atoms with E-state index in [1.54, 1.807) is 25.1 Å². The fourth-order valence-electron chi connectivity index (χ4n) is 2.42. The Hall–Kier alpha value is -3.01. The second-order valence-corrected chi connectivity index (χ2v) is 6.25. The Morgan fingerprint density at radius 3 is 2.92 bits per heavy atom. The van der Waals surface area contributed by atoms with Crippen LogP contribution in [0.2, 0.25) is 0 Å². The number of halogens is 1. The van der Waals surface area contributed by atoms with Crippen LogP contribution in [0.3, 0.4) is 0 Å². The minimum atomic E-state index is -0.860. The Bertz CT molecular complexity index is 1070. The van der Waals surface area contributed by atoms with Gasteiger partial charge in [-0.1, -0.05) is 15.9 Å². The monoisotopic (exact) mass is 421 g/mol. The van der Waals surface area contributed by atoms with Gasteiger partial charge in [-0.05, 0) is 29.2 Å². The highest BCUT2D eigenvalue weighted by atomic mass is 79.9. The molecule has 10 heteroatoms. The van der Waals surface area contributed by atoms with Crippen molar-refractivity contribution in [1.82, 2.24) is 9.55 Å². The van der Waals surface area contributed by atoms with E-state index in [1.807, 2.05) is 0 Å². The third-order valence-corrected chi connectivity index (χ3v) is 4.18. The molecule has 0 aliphatic carbocycles. The van der Waals surface area contributed by atoms with Crippen LogP contribution in [0.15, 0.2) is 44.1 Å². The van der Waals surface area contributed by atoms with E-state index in [-0.39, 0.29) is 24.5 Å². The first-order valence-corrected chi connectivity index (χ1v) is 8.23. The molecule has 0 saturated heterocycles. The number of carbonyl (C=O) groups is 1. The van der Waals surface area contributed by atoms with Crippen molar-refractivity contribution in [3.8, 4) is 0 Å². The van der Waals surface area contributed by atoms with Gasteiger partial charge in [-0.25, -0.2) is 19.1 Å². The first-order valence-electron chi connectivity index (χ1n) is 7.44. The summed E-state index contributed by atoms with van der Waals surface area (Å²) in [7, 11) is 0. The fourth-order valence-corrected chi connectivity index (χ4v) is 2.80. The van der Waals surface area contributed by atoms with Gasteiger partial charge >= 0.3 is 17.4 Å². The number of esters is 1. The maximum atomic E-state index is 12.2. The van der Waals surface area contributed by atoms with Crippen molar-refractivity contribution in [3.05, 3.63) is 66.9 Å². The molecule has 0 unspecified atom stereocenters. The molecular formula is C16H12BrN3O6. The summed E-state index contributed by atoms with van der Waals surface area (Å²) in [6.45, 7) is 1.48. The van der Waals surface area contributed by atoms with Gasteiger partial charge < -0.3 is 19.3 Å². The molecule has 0 aliphatic heterocycles. The molecule has 0 spiro atoms. The topological polar surface area (TPSA) is 117 Å². The molecule has 0 fully saturated rings. The van der Waals surface area contributed by atoms with E-state index in [0.29, 0.717) is 16.8 Å². The van der Waals surface area contributed by atoms with Gasteiger partial charge in [-0.3, -0.25) is 0 Å². The molecule has 0 aliphatic rings. The summed E-state index contributed by atoms with van der Waals surface area (Å²) in [5.41, 5.74) is -0.707. The summed E-state index contributed by atoms with van der Waals surface area (Å²) < 4.78 is 12.3. The van der Waals surface area contributed by atoms with Crippen LogP contribution >= 0.6 is 15.9 Å². The van der Waals surface area contributed by atoms with E-state index in [1.165, 1.54) is 10.6 Å². The molecule has 9 nitrogen and oxygen atoms in total. The molecule has 3 aromatic rings. The first kappa shape index (κ1) is 17.8. The van der Waals surface area contributed by atoms with Crippen LogP contribution in [0.25, 0.3) is 11.0 Å². The summed E-state index contributed by atoms with van der Waals surface area (Å²) in [6, 6.07) is 6.41. The Labute approximate surface area is 154 Å². The van der Waals surface area contributed by atoms with Gasteiger partial charge in [0.25, 0.3) is 0 Å². The predicted molar refractivity (Wildman–Crippen MR) is 94.1 cm³/mol. The van der Waals surface area contributed by atoms with Gasteiger partial charge in [0.2, 0.25) is 0 Å². The average molecular weight is 422 g/mol. The molecular weight excluding hydrogens is 410 g/mol. The number of ether oxygens (including phenoxy) is 1. The minimum Gasteiger partial charge on any atom is -0.458 e. The van der Waals surface area contributed by atoms with Crippen molar-refractivity contribution in [2.75, 3.05) is 6.61 Å². The van der Waals surface area contributed by atoms with Crippen molar-refractivity contribution in [2.45, 2.75) is 13.5 Å². The number of rotatable bonds is 5. The highest BCUT2D eigenvalue weighted by Crippen LogP contribution is 2.19. The maximum absolute atomic E-state index is 12.2. The largest absolute Gasteiger partial charge is 0.458 e. The Kier molecular flexibility index (Phi) is 4.85. The number of hydrogen-bond donors (Lipinski definition) is 0. The van der Waals surface area contributed by atoms with Gasteiger partial charge in [0.05, 0.1) is 0 Å². The number of aromatic nitrogens is 2. The van der Waals surface area contributed by atoms with Crippen LogP contribution in [0.4, 0.5) is 5.82 Å². The summed E-state index contributed by atoms with van der Waals surface area (Å²) >= 11 is 3.30. The number of imidazole rings is 1. The van der Waals surface area contributed by atoms with Crippen LogP contribution in [0.5, 0.6) is 0 Å². The number of nitrogens with zero attached hydrogens (tertiary/aromatic N) is 3. The summed E-state index contributed by atoms with van der Waals surface area (Å²) in [6.07, 6.45) is 1.13. The van der Waals surface area contributed by atoms with E-state index in [2.05, 4.69) is 20.9 Å². The fraction of sp³-hybridized carbons (Fsp3) is 0.188. The van der Waals surface area contributed by atoms with Crippen molar-refractivity contribution >= 4 is 38.7 Å². The number of benzene rings is 1. The highest BCUT2D eigenvalue weighted by molar-refractivity contribution is 9.10. The highest BCUT2D eigenvalue weighted by Gasteiger charge is 2.19. The van der Waals surface area contributed by atoms with Crippen LogP contribution in [-0.4, -0.2) is 27.1 Å². The van der Waals surface area contributed by atoms with Gasteiger partial charge in [-0.15, -0.1) is 0 Å². The molecule has 2 heterocycles. The van der Waals surface area contributed by atoms with Crippen molar-refractivity contribution in [1.29, 1.82) is 0 Å². The van der Waals surface area contributed by atoms with Crippen molar-refractivity contribution in [2.24, 2.45) is 0 Å². The third-order valence-electron chi connectivity index (χ3n) is 3.68. The van der Waals surface area contributed by atoms with Crippen LogP contribution in [0.1, 0.15) is 16.2 Å². The lowest BCUT2D eigenvalue weighted by atomic mass is 10.2. The quantitative estimate of drug-likeness (QED) is 0.269. The standard InChI is InChI=1S/C16H12BrN3O6/c1-9-18-8-14(20(23)24)19(9)4-5-25-15(21)12-7-10-6-11(17)2-3-13(10)26-16(12)22/h2-3,6-8H,4-5H2,1H3. The zero-order chi connectivity index (χ0) is 18.8. The molecule has 2 aromatic heterocycles. The van der Waals surface area contributed by atoms with E-state index in [9.17, 15) is 19.7 Å². The van der Waals surface area contributed by atoms with Crippen molar-refractivity contribution in [3.63, 3.8) is 0 Å². The van der Waals surface area contributed by atoms with Gasteiger partial charge in [0.1, 0.15) is 30.5 Å². The number of fused-ring (bicyclic) bond motifs is 1. The minimum absolute atomic E-state index is 0.0400. The molecule has 0 radical (unpaired) electrons. The summed E-state index contributed by atoms with van der Waals surface area (Å²) in [4.78, 5) is 38.4. The molecule has 26 heavy (non-hydrogen) atoms. The lowest BCUT2D eigenvalue weighted by molar-refractivity contribution is -0.392. The molecule has 0 amide bonds. The van der Waals surface area contributed by atoms with E-state index in [4.69, 9.17) is 9.15 Å². The smallest absolute Gasteiger partial charge is 0.351 e. The Morgan fingerprint density at radius 2 is 2.19 bits per heavy atom. The SMILES string of the molecule is Cc1ncc([N+](=O)[O-])n1CCOC(=O)c1cc2cc(Br)ccc2oc1=O. The second-order valence-electron chi connectivity index (χ2n) is 5.34. The van der Waals surface area contributed by atoms with Gasteiger partial charge in [-0.2, -0.15) is 0 Å². The molecule has 0 bridgehead atoms. The zero-order valence-corrected chi connectivity index (χ0v) is 15.1. The lowest BCUT2D eigenvalue weighted by Gasteiger charge is -2.06. The van der Waals surface area contributed by atoms with Gasteiger partial charge in [0, 0.05) is 16.8 Å². The first-order chi connectivity index (χ1) is 12.4. The summed E-state index contributed by atoms with van der Waals surface area (Å²) in [5, 5.41) is 11.5. The van der Waals surface area contributed by atoms with E-state index < -0.39 is 16.5 Å². The molecule has 0 atom stereocenters. The summed E-state index contributed by atoms with van der Waals surface area (Å²) in [5.74, 6) is -0.641. The molecule has 1 aromatic carbocycles. The van der Waals surface area contributed by atoms with Crippen LogP contribution in [-0.2, 0) is 11.3 Å². The number of hydrogen-bond acceptors (Lipinski definition) is 7. The van der Waals surface area contributed by atoms with Gasteiger partial charge in [0.15, 0.2) is 5.82 Å². The molecule has 0 N–H and O–H groups in total. The molecule has 134 valence electrons. The van der Waals surface area contributed by atoms with E-state index >= 15 is 0 Å². The average Bonchev–Trinajstić information content (AvgIpc) is 2.95. The zero-order valence-electron chi connectivity index (χ0n) is 13.5. The predicted octanol–water partition coefficient (Wildman–Crippen LogP) is 2.83. The lowest BCUT2D eigenvalue weighted by Crippen LogP contribution is -2.19. The number of aryl methyl sites for hydroxylation is 1. The van der Waals surface area contributed by atoms with Crippen LogP contribution < -0.4 is 5.63 Å². The Morgan fingerprint density at radius 1 is 1.42 bits per heavy atom. The molecule has 3 rings (SSSR count). The number of carbonyl (C=O) groups excluding carboxylic acids is 1. The normalized spacial score (nSPS) is 10.8. The van der Waals surface area contributed by atoms with E-state index in [0.717, 1.165) is 10.7 Å². The van der Waals surface area contributed by atoms with Crippen LogP contribution in [0, 0.1) is 17.0 Å². The third kappa shape index (κ3) is 3.49. The molecule has 0 saturated carbocycles. The second kappa shape index (κ2) is 7.08. The Balaban J connectivity index is 1.76. The van der Waals surface area contributed by atoms with Crippen molar-refractivity contribution < 1.29 is 18.9 Å². The maximum Gasteiger partial charge on any atom is 0.351 e. The number of nitro groups is 1.